The van der Waals surface area contributed by atoms with Crippen molar-refractivity contribution in [2.75, 3.05) is 13.2 Å². The molecule has 0 saturated heterocycles. The fourth-order valence-electron chi connectivity index (χ4n) is 1.01. The molecule has 1 rings (SSSR count). The number of aromatic nitrogens is 1. The van der Waals surface area contributed by atoms with Crippen molar-refractivity contribution in [1.29, 1.82) is 0 Å². The molecule has 0 aliphatic heterocycles. The molecule has 13 heavy (non-hydrogen) atoms. The standard InChI is InChI=1S/C10H14NO2/c1-3-12-10(13-4-2)9-6-5-7-11-8-9/h5-6,8,10H,3-4H2,1-2H3. The lowest BCUT2D eigenvalue weighted by atomic mass is 10.3. The lowest BCUT2D eigenvalue weighted by molar-refractivity contribution is -0.140. The summed E-state index contributed by atoms with van der Waals surface area (Å²) in [6, 6.07) is 3.64. The maximum atomic E-state index is 5.39. The quantitative estimate of drug-likeness (QED) is 0.649. The van der Waals surface area contributed by atoms with Gasteiger partial charge < -0.3 is 9.47 Å². The van der Waals surface area contributed by atoms with Gasteiger partial charge in [-0.15, -0.1) is 0 Å². The van der Waals surface area contributed by atoms with Crippen molar-refractivity contribution in [3.63, 3.8) is 0 Å². The minimum absolute atomic E-state index is 0.294. The van der Waals surface area contributed by atoms with E-state index in [1.165, 1.54) is 0 Å². The Bertz CT molecular complexity index is 220. The van der Waals surface area contributed by atoms with Crippen molar-refractivity contribution in [1.82, 2.24) is 4.98 Å². The second-order valence-electron chi connectivity index (χ2n) is 2.46. The number of hydrogen-bond donors (Lipinski definition) is 0. The first-order chi connectivity index (χ1) is 6.38. The van der Waals surface area contributed by atoms with Crippen LogP contribution in [0.3, 0.4) is 0 Å². The van der Waals surface area contributed by atoms with Crippen molar-refractivity contribution >= 4 is 0 Å². The van der Waals surface area contributed by atoms with Crippen molar-refractivity contribution in [3.05, 3.63) is 30.1 Å². The van der Waals surface area contributed by atoms with E-state index in [0.717, 1.165) is 5.56 Å². The largest absolute Gasteiger partial charge is 0.349 e. The zero-order valence-electron chi connectivity index (χ0n) is 7.99. The average Bonchev–Trinajstić information content (AvgIpc) is 2.19. The molecule has 0 fully saturated rings. The zero-order valence-corrected chi connectivity index (χ0v) is 7.99. The van der Waals surface area contributed by atoms with Crippen LogP contribution in [0.15, 0.2) is 18.3 Å². The van der Waals surface area contributed by atoms with Crippen LogP contribution in [0, 0.1) is 6.20 Å². The molecule has 0 amide bonds. The third-order valence-corrected chi connectivity index (χ3v) is 1.55. The number of hydrogen-bond acceptors (Lipinski definition) is 3. The highest BCUT2D eigenvalue weighted by atomic mass is 16.7. The fourth-order valence-corrected chi connectivity index (χ4v) is 1.01. The van der Waals surface area contributed by atoms with Gasteiger partial charge in [-0.05, 0) is 19.9 Å². The Kier molecular flexibility index (Phi) is 4.43. The number of ether oxygens (including phenoxy) is 2. The molecular formula is C10H14NO2. The highest BCUT2D eigenvalue weighted by Crippen LogP contribution is 2.16. The van der Waals surface area contributed by atoms with E-state index in [0.29, 0.717) is 13.2 Å². The molecule has 0 aromatic carbocycles. The van der Waals surface area contributed by atoms with Gasteiger partial charge in [0.05, 0.1) is 6.20 Å². The molecule has 0 aliphatic rings. The highest BCUT2D eigenvalue weighted by Gasteiger charge is 2.09. The highest BCUT2D eigenvalue weighted by molar-refractivity contribution is 5.09. The van der Waals surface area contributed by atoms with Gasteiger partial charge in [-0.3, -0.25) is 4.98 Å². The van der Waals surface area contributed by atoms with Crippen LogP contribution in [0.4, 0.5) is 0 Å². The summed E-state index contributed by atoms with van der Waals surface area (Å²) in [5.41, 5.74) is 0.933. The van der Waals surface area contributed by atoms with Crippen LogP contribution in [0.2, 0.25) is 0 Å². The Morgan fingerprint density at radius 2 is 2.08 bits per heavy atom. The average molecular weight is 180 g/mol. The Balaban J connectivity index is 2.64. The van der Waals surface area contributed by atoms with Crippen LogP contribution in [0.25, 0.3) is 0 Å². The van der Waals surface area contributed by atoms with Crippen LogP contribution >= 0.6 is 0 Å². The van der Waals surface area contributed by atoms with Gasteiger partial charge in [0, 0.05) is 25.0 Å². The molecule has 0 aliphatic carbocycles. The molecule has 0 N–H and O–H groups in total. The minimum Gasteiger partial charge on any atom is -0.349 e. The molecule has 0 spiro atoms. The maximum Gasteiger partial charge on any atom is 0.185 e. The zero-order chi connectivity index (χ0) is 9.52. The van der Waals surface area contributed by atoms with Crippen LogP contribution in [-0.4, -0.2) is 18.2 Å². The SMILES string of the molecule is CCOC(OCC)c1cc[c]nc1. The van der Waals surface area contributed by atoms with Gasteiger partial charge in [0.1, 0.15) is 0 Å². The third kappa shape index (κ3) is 3.13. The number of pyridine rings is 1. The van der Waals surface area contributed by atoms with Gasteiger partial charge in [-0.25, -0.2) is 0 Å². The van der Waals surface area contributed by atoms with E-state index in [-0.39, 0.29) is 6.29 Å². The lowest BCUT2D eigenvalue weighted by Gasteiger charge is -2.16. The molecule has 0 atom stereocenters. The molecule has 3 heteroatoms. The molecule has 1 heterocycles. The Morgan fingerprint density at radius 3 is 2.54 bits per heavy atom. The topological polar surface area (TPSA) is 31.4 Å². The summed E-state index contributed by atoms with van der Waals surface area (Å²) in [6.07, 6.45) is 4.12. The monoisotopic (exact) mass is 180 g/mol. The van der Waals surface area contributed by atoms with E-state index in [1.807, 2.05) is 19.9 Å². The van der Waals surface area contributed by atoms with Gasteiger partial charge in [-0.2, -0.15) is 0 Å². The summed E-state index contributed by atoms with van der Waals surface area (Å²) < 4.78 is 10.8. The first-order valence-electron chi connectivity index (χ1n) is 4.43. The molecule has 3 nitrogen and oxygen atoms in total. The summed E-state index contributed by atoms with van der Waals surface area (Å²) in [6.45, 7) is 5.13. The predicted octanol–water partition coefficient (Wildman–Crippen LogP) is 1.95. The van der Waals surface area contributed by atoms with Gasteiger partial charge in [0.15, 0.2) is 6.29 Å². The van der Waals surface area contributed by atoms with Gasteiger partial charge >= 0.3 is 0 Å². The van der Waals surface area contributed by atoms with Gasteiger partial charge in [-0.1, -0.05) is 6.07 Å². The second-order valence-corrected chi connectivity index (χ2v) is 2.46. The van der Waals surface area contributed by atoms with Crippen LogP contribution in [-0.2, 0) is 9.47 Å². The Hall–Kier alpha value is -0.930. The van der Waals surface area contributed by atoms with Gasteiger partial charge in [0.2, 0.25) is 0 Å². The van der Waals surface area contributed by atoms with Crippen molar-refractivity contribution in [2.24, 2.45) is 0 Å². The molecule has 71 valence electrons. The van der Waals surface area contributed by atoms with E-state index in [4.69, 9.17) is 9.47 Å². The number of nitrogens with zero attached hydrogens (tertiary/aromatic N) is 1. The molecule has 1 aromatic rings. The van der Waals surface area contributed by atoms with E-state index in [1.54, 1.807) is 12.3 Å². The normalized spacial score (nSPS) is 10.7. The van der Waals surface area contributed by atoms with Crippen molar-refractivity contribution in [3.8, 4) is 0 Å². The first kappa shape index (κ1) is 10.2. The second kappa shape index (κ2) is 5.67. The van der Waals surface area contributed by atoms with Crippen LogP contribution in [0.1, 0.15) is 25.7 Å². The Labute approximate surface area is 78.7 Å². The Morgan fingerprint density at radius 1 is 1.38 bits per heavy atom. The third-order valence-electron chi connectivity index (χ3n) is 1.55. The minimum atomic E-state index is -0.294. The molecule has 0 saturated carbocycles. The van der Waals surface area contributed by atoms with Crippen molar-refractivity contribution in [2.45, 2.75) is 20.1 Å². The van der Waals surface area contributed by atoms with Crippen molar-refractivity contribution < 1.29 is 9.47 Å². The van der Waals surface area contributed by atoms with E-state index >= 15 is 0 Å². The molecule has 1 radical (unpaired) electrons. The first-order valence-corrected chi connectivity index (χ1v) is 4.43. The molecule has 1 aromatic heterocycles. The lowest BCUT2D eigenvalue weighted by Crippen LogP contribution is -2.08. The summed E-state index contributed by atoms with van der Waals surface area (Å²) in [7, 11) is 0. The predicted molar refractivity (Wildman–Crippen MR) is 49.1 cm³/mol. The summed E-state index contributed by atoms with van der Waals surface area (Å²) >= 11 is 0. The van der Waals surface area contributed by atoms with E-state index in [9.17, 15) is 0 Å². The number of rotatable bonds is 5. The van der Waals surface area contributed by atoms with E-state index in [2.05, 4.69) is 11.2 Å². The summed E-state index contributed by atoms with van der Waals surface area (Å²) in [5.74, 6) is 0. The molecule has 0 unspecified atom stereocenters. The molecule has 0 bridgehead atoms. The van der Waals surface area contributed by atoms with Gasteiger partial charge in [0.25, 0.3) is 0 Å². The molecular weight excluding hydrogens is 166 g/mol. The van der Waals surface area contributed by atoms with Crippen LogP contribution in [0.5, 0.6) is 0 Å². The summed E-state index contributed by atoms with van der Waals surface area (Å²) in [5, 5.41) is 0. The van der Waals surface area contributed by atoms with Crippen LogP contribution < -0.4 is 0 Å². The smallest absolute Gasteiger partial charge is 0.185 e. The summed E-state index contributed by atoms with van der Waals surface area (Å²) in [4.78, 5) is 3.89. The maximum absolute atomic E-state index is 5.39. The fraction of sp³-hybridized carbons (Fsp3) is 0.500. The van der Waals surface area contributed by atoms with E-state index < -0.39 is 0 Å².